The Hall–Kier alpha value is -2.31. The lowest BCUT2D eigenvalue weighted by Gasteiger charge is -2.38. The second kappa shape index (κ2) is 9.23. The summed E-state index contributed by atoms with van der Waals surface area (Å²) in [5.41, 5.74) is 2.00. The highest BCUT2D eigenvalue weighted by Gasteiger charge is 2.40. The lowest BCUT2D eigenvalue weighted by Crippen LogP contribution is -2.41. The van der Waals surface area contributed by atoms with Crippen LogP contribution in [0.3, 0.4) is 0 Å². The molecule has 30 heavy (non-hydrogen) atoms. The van der Waals surface area contributed by atoms with Crippen molar-refractivity contribution in [1.29, 1.82) is 0 Å². The zero-order valence-electron chi connectivity index (χ0n) is 19.8. The first kappa shape index (κ1) is 24.0. The summed E-state index contributed by atoms with van der Waals surface area (Å²) in [5.74, 6) is 1.40. The van der Waals surface area contributed by atoms with Crippen molar-refractivity contribution in [3.05, 3.63) is 47.7 Å². The predicted octanol–water partition coefficient (Wildman–Crippen LogP) is 6.01. The van der Waals surface area contributed by atoms with Gasteiger partial charge in [-0.1, -0.05) is 39.0 Å². The fourth-order valence-corrected chi connectivity index (χ4v) is 3.95. The number of fused-ring (bicyclic) bond motifs is 1. The maximum Gasteiger partial charge on any atom is 0.253 e. The van der Waals surface area contributed by atoms with Crippen molar-refractivity contribution >= 4 is 30.6 Å². The molecule has 0 heterocycles. The van der Waals surface area contributed by atoms with E-state index in [0.717, 1.165) is 27.7 Å². The van der Waals surface area contributed by atoms with Gasteiger partial charge in [0.15, 0.2) is 0 Å². The SMILES string of the molecule is COc1ccc2cc(/C(C)=C(/CC(=O)N(C)OC)O[Si](C)(C)C(C)(C)C)ccc2c1. The molecule has 0 aliphatic carbocycles. The number of allylic oxidation sites excluding steroid dienone is 1. The van der Waals surface area contributed by atoms with E-state index in [9.17, 15) is 4.79 Å². The van der Waals surface area contributed by atoms with E-state index in [2.05, 4.69) is 52.1 Å². The van der Waals surface area contributed by atoms with Crippen LogP contribution in [-0.2, 0) is 14.1 Å². The van der Waals surface area contributed by atoms with Crippen LogP contribution in [0, 0.1) is 0 Å². The lowest BCUT2D eigenvalue weighted by molar-refractivity contribution is -0.168. The molecule has 0 unspecified atom stereocenters. The third-order valence-electron chi connectivity index (χ3n) is 6.02. The Morgan fingerprint density at radius 3 is 2.20 bits per heavy atom. The Balaban J connectivity index is 2.53. The molecule has 0 aromatic heterocycles. The highest BCUT2D eigenvalue weighted by atomic mass is 28.4. The minimum absolute atomic E-state index is 0.0225. The van der Waals surface area contributed by atoms with E-state index in [-0.39, 0.29) is 17.4 Å². The molecule has 6 heteroatoms. The summed E-state index contributed by atoms with van der Waals surface area (Å²) >= 11 is 0. The van der Waals surface area contributed by atoms with Gasteiger partial charge in [-0.2, -0.15) is 0 Å². The van der Waals surface area contributed by atoms with Gasteiger partial charge in [-0.3, -0.25) is 9.63 Å². The van der Waals surface area contributed by atoms with Crippen LogP contribution in [0.15, 0.2) is 42.2 Å². The fraction of sp³-hybridized carbons (Fsp3) is 0.458. The molecule has 5 nitrogen and oxygen atoms in total. The van der Waals surface area contributed by atoms with Gasteiger partial charge in [0, 0.05) is 7.05 Å². The van der Waals surface area contributed by atoms with Crippen LogP contribution in [0.1, 0.15) is 39.7 Å². The molecule has 0 saturated heterocycles. The first-order valence-electron chi connectivity index (χ1n) is 10.2. The van der Waals surface area contributed by atoms with Gasteiger partial charge in [0.2, 0.25) is 8.32 Å². The maximum atomic E-state index is 12.6. The molecule has 0 atom stereocenters. The van der Waals surface area contributed by atoms with Gasteiger partial charge >= 0.3 is 0 Å². The van der Waals surface area contributed by atoms with Crippen molar-refractivity contribution in [3.63, 3.8) is 0 Å². The minimum atomic E-state index is -2.13. The zero-order valence-corrected chi connectivity index (χ0v) is 20.8. The quantitative estimate of drug-likeness (QED) is 0.307. The first-order chi connectivity index (χ1) is 13.9. The van der Waals surface area contributed by atoms with Gasteiger partial charge in [0.1, 0.15) is 5.75 Å². The van der Waals surface area contributed by atoms with Crippen molar-refractivity contribution in [1.82, 2.24) is 5.06 Å². The van der Waals surface area contributed by atoms with Crippen LogP contribution in [-0.4, -0.2) is 40.6 Å². The van der Waals surface area contributed by atoms with Crippen LogP contribution < -0.4 is 4.74 Å². The highest BCUT2D eigenvalue weighted by molar-refractivity contribution is 6.74. The molecule has 0 fully saturated rings. The monoisotopic (exact) mass is 429 g/mol. The number of amides is 1. The normalized spacial score (nSPS) is 13.1. The van der Waals surface area contributed by atoms with Gasteiger partial charge in [-0.25, -0.2) is 5.06 Å². The maximum absolute atomic E-state index is 12.6. The Morgan fingerprint density at radius 1 is 1.03 bits per heavy atom. The molecular formula is C24H35NO4Si. The van der Waals surface area contributed by atoms with E-state index < -0.39 is 8.32 Å². The summed E-state index contributed by atoms with van der Waals surface area (Å²) in [4.78, 5) is 17.7. The number of nitrogens with zero attached hydrogens (tertiary/aromatic N) is 1. The number of carbonyl (C=O) groups is 1. The molecule has 0 bridgehead atoms. The summed E-state index contributed by atoms with van der Waals surface area (Å²) < 4.78 is 12.0. The molecule has 1 amide bonds. The molecule has 2 aromatic carbocycles. The molecule has 0 N–H and O–H groups in total. The number of carbonyl (C=O) groups excluding carboxylic acids is 1. The molecule has 0 aliphatic heterocycles. The zero-order chi connectivity index (χ0) is 22.7. The van der Waals surface area contributed by atoms with Gasteiger partial charge in [-0.05, 0) is 65.2 Å². The van der Waals surface area contributed by atoms with Crippen molar-refractivity contribution in [3.8, 4) is 5.75 Å². The van der Waals surface area contributed by atoms with E-state index in [0.29, 0.717) is 5.76 Å². The van der Waals surface area contributed by atoms with E-state index in [4.69, 9.17) is 14.0 Å². The van der Waals surface area contributed by atoms with Gasteiger partial charge in [0.25, 0.3) is 5.91 Å². The summed E-state index contributed by atoms with van der Waals surface area (Å²) in [6, 6.07) is 12.3. The van der Waals surface area contributed by atoms with Crippen LogP contribution in [0.25, 0.3) is 16.3 Å². The Bertz CT molecular complexity index is 944. The standard InChI is InChI=1S/C24H35NO4Si/c1-17(18-10-11-20-15-21(27-6)13-12-19(20)14-18)22(16-23(26)25(5)28-7)29-30(8,9)24(2,3)4/h10-15H,16H2,1-9H3/b22-17-. The second-order valence-corrected chi connectivity index (χ2v) is 13.8. The lowest BCUT2D eigenvalue weighted by atomic mass is 10.0. The summed E-state index contributed by atoms with van der Waals surface area (Å²) in [6.45, 7) is 13.0. The van der Waals surface area contributed by atoms with Gasteiger partial charge < -0.3 is 9.16 Å². The number of benzene rings is 2. The highest BCUT2D eigenvalue weighted by Crippen LogP contribution is 2.40. The van der Waals surface area contributed by atoms with E-state index >= 15 is 0 Å². The average Bonchev–Trinajstić information content (AvgIpc) is 2.70. The van der Waals surface area contributed by atoms with Crippen LogP contribution >= 0.6 is 0 Å². The summed E-state index contributed by atoms with van der Waals surface area (Å²) in [6.07, 6.45) is 0.156. The largest absolute Gasteiger partial charge is 0.546 e. The van der Waals surface area contributed by atoms with Crippen LogP contribution in [0.4, 0.5) is 0 Å². The van der Waals surface area contributed by atoms with E-state index in [1.54, 1.807) is 14.2 Å². The fourth-order valence-electron chi connectivity index (χ4n) is 2.80. The van der Waals surface area contributed by atoms with E-state index in [1.807, 2.05) is 25.1 Å². The number of rotatable bonds is 7. The van der Waals surface area contributed by atoms with Crippen molar-refractivity contribution in [2.75, 3.05) is 21.3 Å². The van der Waals surface area contributed by atoms with Gasteiger partial charge in [-0.15, -0.1) is 0 Å². The number of hydrogen-bond acceptors (Lipinski definition) is 4. The van der Waals surface area contributed by atoms with E-state index in [1.165, 1.54) is 12.2 Å². The molecule has 2 aromatic rings. The number of methoxy groups -OCH3 is 1. The molecule has 0 spiro atoms. The minimum Gasteiger partial charge on any atom is -0.546 e. The van der Waals surface area contributed by atoms with Crippen molar-refractivity contribution in [2.45, 2.75) is 52.2 Å². The smallest absolute Gasteiger partial charge is 0.253 e. The Labute approximate surface area is 181 Å². The first-order valence-corrected chi connectivity index (χ1v) is 13.1. The average molecular weight is 430 g/mol. The third kappa shape index (κ3) is 5.43. The number of hydrogen-bond donors (Lipinski definition) is 0. The van der Waals surface area contributed by atoms with Crippen molar-refractivity contribution < 1.29 is 18.8 Å². The Kier molecular flexibility index (Phi) is 7.37. The van der Waals surface area contributed by atoms with Crippen LogP contribution in [0.5, 0.6) is 5.75 Å². The Morgan fingerprint density at radius 2 is 1.63 bits per heavy atom. The predicted molar refractivity (Wildman–Crippen MR) is 126 cm³/mol. The van der Waals surface area contributed by atoms with Crippen molar-refractivity contribution in [2.24, 2.45) is 0 Å². The topological polar surface area (TPSA) is 48.0 Å². The molecule has 0 saturated carbocycles. The molecule has 0 radical (unpaired) electrons. The molecular weight excluding hydrogens is 394 g/mol. The number of hydroxylamine groups is 2. The van der Waals surface area contributed by atoms with Crippen LogP contribution in [0.2, 0.25) is 18.1 Å². The summed E-state index contributed by atoms with van der Waals surface area (Å²) in [5, 5.41) is 3.48. The summed E-state index contributed by atoms with van der Waals surface area (Å²) in [7, 11) is 2.64. The third-order valence-corrected chi connectivity index (χ3v) is 10.4. The number of ether oxygens (including phenoxy) is 1. The molecule has 0 aliphatic rings. The molecule has 164 valence electrons. The van der Waals surface area contributed by atoms with Gasteiger partial charge in [0.05, 0.1) is 26.4 Å². The molecule has 2 rings (SSSR count). The second-order valence-electron chi connectivity index (χ2n) is 9.09.